The third-order valence-electron chi connectivity index (χ3n) is 25.5. The number of primary amides is 2. The molecule has 9 rings (SSSR count). The Morgan fingerprint density at radius 2 is 1.15 bits per heavy atom. The number of ether oxygens (including phenoxy) is 1. The van der Waals surface area contributed by atoms with Crippen LogP contribution in [0, 0.1) is 17.8 Å². The highest BCUT2D eigenvalue weighted by Gasteiger charge is 2.47. The Hall–Kier alpha value is -13.0. The number of para-hydroxylation sites is 2. The van der Waals surface area contributed by atoms with Crippen LogP contribution in [0.3, 0.4) is 0 Å². The number of fused-ring (bicyclic) bond motifs is 4. The Labute approximate surface area is 804 Å². The second-order valence-electron chi connectivity index (χ2n) is 36.3. The van der Waals surface area contributed by atoms with Gasteiger partial charge in [0, 0.05) is 169 Å². The number of H-pyrrole nitrogens is 3. The molecule has 19 N–H and O–H groups in total. The van der Waals surface area contributed by atoms with E-state index in [9.17, 15) is 48.9 Å². The maximum atomic E-state index is 15.9. The number of thioether (sulfide) groups is 1. The topological polar surface area (TPSA) is 616 Å². The second kappa shape index (κ2) is 52.5. The van der Waals surface area contributed by atoms with Crippen LogP contribution in [0.25, 0.3) is 21.8 Å². The minimum Gasteiger partial charge on any atom is -0.508 e. The lowest BCUT2D eigenvalue weighted by Crippen LogP contribution is -2.61. The molecule has 42 heteroatoms. The molecule has 15 atom stereocenters. The summed E-state index contributed by atoms with van der Waals surface area (Å²) in [6, 6.07) is 1.61. The number of nitrogens with one attached hydrogen (secondary N) is 10. The number of phenols is 1. The van der Waals surface area contributed by atoms with Gasteiger partial charge in [-0.2, -0.15) is 11.8 Å². The van der Waals surface area contributed by atoms with E-state index in [0.29, 0.717) is 64.2 Å². The number of carboxylic acid groups (broad SMARTS) is 1. The Morgan fingerprint density at radius 1 is 0.580 bits per heavy atom. The first kappa shape index (κ1) is 109. The predicted molar refractivity (Wildman–Crippen MR) is 508 cm³/mol. The van der Waals surface area contributed by atoms with E-state index in [4.69, 9.17) is 21.9 Å². The van der Waals surface area contributed by atoms with Gasteiger partial charge < -0.3 is 114 Å². The van der Waals surface area contributed by atoms with E-state index in [1.54, 1.807) is 74.8 Å². The van der Waals surface area contributed by atoms with Crippen molar-refractivity contribution in [2.45, 2.75) is 254 Å². The number of nitrogens with zero attached hydrogens (tertiary/aromatic N) is 6. The zero-order chi connectivity index (χ0) is 101. The molecule has 750 valence electrons. The largest absolute Gasteiger partial charge is 0.508 e. The molecule has 3 aliphatic heterocycles. The molecule has 0 saturated carbocycles. The zero-order valence-corrected chi connectivity index (χ0v) is 80.2. The molecule has 138 heavy (non-hydrogen) atoms. The summed E-state index contributed by atoms with van der Waals surface area (Å²) in [5.74, 6) is -20.1. The molecular weight excluding hydrogens is 1800 g/mol. The number of methoxy groups -OCH3 is 1. The average molecular weight is 1940 g/mol. The number of rotatable bonds is 30. The number of hydrogen-bond donors (Lipinski definition) is 16. The molecule has 0 unspecified atom stereocenters. The fraction of sp³-hybridized carbons (Fsp3) is 0.552. The summed E-state index contributed by atoms with van der Waals surface area (Å²) in [6.45, 7) is 7.24. The van der Waals surface area contributed by atoms with Gasteiger partial charge in [-0.15, -0.1) is 0 Å². The molecule has 3 aromatic heterocycles. The van der Waals surface area contributed by atoms with Gasteiger partial charge in [0.2, 0.25) is 82.7 Å². The van der Waals surface area contributed by atoms with E-state index in [-0.39, 0.29) is 114 Å². The van der Waals surface area contributed by atoms with E-state index < -0.39 is 260 Å². The minimum atomic E-state index is -1.83. The van der Waals surface area contributed by atoms with Crippen molar-refractivity contribution in [2.75, 3.05) is 65.5 Å². The first-order chi connectivity index (χ1) is 65.8. The number of aromatic hydroxyl groups is 1. The maximum absolute atomic E-state index is 15.9. The van der Waals surface area contributed by atoms with Crippen molar-refractivity contribution in [1.82, 2.24) is 81.7 Å². The number of imidazole rings is 1. The third-order valence-corrected chi connectivity index (χ3v) is 26.6. The van der Waals surface area contributed by atoms with Crippen LogP contribution in [0.15, 0.2) is 97.7 Å². The number of unbranched alkanes of at least 4 members (excludes halogenated alkanes) is 2. The van der Waals surface area contributed by atoms with Crippen molar-refractivity contribution in [3.05, 3.63) is 120 Å². The predicted octanol–water partition coefficient (Wildman–Crippen LogP) is 1.46. The molecule has 0 bridgehead atoms. The number of nitrogens with two attached hydrogens (primary N) is 3. The number of phenolic OH excluding ortho intramolecular Hbond substituents is 1. The van der Waals surface area contributed by atoms with Crippen LogP contribution in [0.4, 0.5) is 0 Å². The highest BCUT2D eigenvalue weighted by atomic mass is 32.2. The van der Waals surface area contributed by atoms with Gasteiger partial charge in [0.15, 0.2) is 11.6 Å². The number of aliphatic hydroxyl groups excluding tert-OH is 1. The molecule has 6 aromatic rings. The Kier molecular flexibility index (Phi) is 41.4. The first-order valence-corrected chi connectivity index (χ1v) is 48.2. The van der Waals surface area contributed by atoms with Gasteiger partial charge in [-0.05, 0) is 105 Å². The highest BCUT2D eigenvalue weighted by molar-refractivity contribution is 7.99. The van der Waals surface area contributed by atoms with Gasteiger partial charge in [0.05, 0.1) is 42.8 Å². The van der Waals surface area contributed by atoms with Crippen molar-refractivity contribution in [1.29, 1.82) is 0 Å². The normalized spacial score (nSPS) is 24.7. The van der Waals surface area contributed by atoms with Crippen LogP contribution in [0.2, 0.25) is 0 Å². The zero-order valence-electron chi connectivity index (χ0n) is 79.4. The number of carbonyl (C=O) groups is 18. The number of Topliss-reactive ketones (excluding diaryl/α,β-unsaturated/α-hetero) is 3. The molecule has 0 aliphatic carbocycles. The van der Waals surface area contributed by atoms with Crippen molar-refractivity contribution >= 4 is 140 Å². The lowest BCUT2D eigenvalue weighted by molar-refractivity contribution is -0.149. The number of carboxylic acids is 1. The number of likely N-dealkylation sites (N-methyl/N-ethyl adjacent to an activating group) is 2. The SMILES string of the molecule is CCCC[C@H]1C(=O)N(C)[C@@H](CCCC)C(=O)N[C@@H](CC(C)C)C(=O)C[C@H](C(=O)CCC(N)=O)CSCC(=O)N[C@@H](Cc2ccc(O)cc2)C(=O)N(CCOC)[C@@H](C)C(=O)C[C@@H](CC(N)=O)C(=O)N2CCC[C@H]2C(=O)N[C@@H](Cc2cnc[nH]2)C(=O)N[C@@H](CCC(=O)O)C(=O)N2C[C@H](O)C[C@H]2C(=O)N[C@@H](Cc2c[nH]c3ccccc23)C(=O)N[C@@H](CCN)C(=O)N[C@@H](Cc2c[nH]c3ccccc23)C(=O)N1C. The number of ketones is 3. The summed E-state index contributed by atoms with van der Waals surface area (Å²) in [5, 5.41) is 52.5. The molecule has 0 spiro atoms. The van der Waals surface area contributed by atoms with Crippen molar-refractivity contribution in [3.63, 3.8) is 0 Å². The van der Waals surface area contributed by atoms with Gasteiger partial charge in [-0.1, -0.05) is 102 Å². The Bertz CT molecular complexity index is 5280. The maximum Gasteiger partial charge on any atom is 0.303 e. The lowest BCUT2D eigenvalue weighted by atomic mass is 9.90. The number of benzene rings is 3. The summed E-state index contributed by atoms with van der Waals surface area (Å²) >= 11 is 0.894. The smallest absolute Gasteiger partial charge is 0.303 e. The van der Waals surface area contributed by atoms with E-state index in [2.05, 4.69) is 57.2 Å². The highest BCUT2D eigenvalue weighted by Crippen LogP contribution is 2.31. The van der Waals surface area contributed by atoms with E-state index in [1.165, 1.54) is 74.7 Å². The molecule has 0 radical (unpaired) electrons. The van der Waals surface area contributed by atoms with Crippen LogP contribution in [-0.2, 0) is 117 Å². The number of carbonyl (C=O) groups excluding carboxylic acids is 17. The van der Waals surface area contributed by atoms with E-state index in [1.807, 2.05) is 13.8 Å². The summed E-state index contributed by atoms with van der Waals surface area (Å²) in [6.07, 6.45) is 0.245. The molecule has 6 heterocycles. The third kappa shape index (κ3) is 30.5. The van der Waals surface area contributed by atoms with Gasteiger partial charge in [-0.25, -0.2) is 4.98 Å². The molecule has 3 aliphatic rings. The standard InChI is InChI=1S/C96H133N19O22S/c1-9-11-22-75-89(129)107-70(38-54(3)4)81(120)43-60(79(118)30-31-82(98)121)51-138-52-84(123)104-73(39-56-25-27-62(116)28-26-56)95(135)113(36-37-137-8)55(5)80(119)42-57(44-83(99)122)92(132)114-35-17-24-76(114)90(130)109-72(45-61-49-100-53-103-61)88(128)106-69(29-32-85(124)125)94(134)115-50-63(117)46-78(115)91(131)108-71(40-58-47-101-66-20-15-13-18-64(58)66)87(127)105-68(33-34-97)86(126)110-74(41-59-48-102-67-21-16-14-19-65(59)67)93(133)112(7)77(23-12-10-2)96(136)111(75)6/h13-16,18-21,25-28,47-49,53-55,57,60,63,68-78,101-102,116-117H,9-12,17,22-24,29-46,50-52,97H2,1-8H3,(H2,98,121)(H2,99,122)(H,100,103)(H,104,123)(H,105,127)(H,106,128)(H,107,129)(H,108,131)(H,109,130)(H,110,126)(H,124,125)/t55-,57-,60-,63+,68-,69-,70-,71-,72-,73-,74-,75-,76-,77-,78-/m0/s1. The second-order valence-corrected chi connectivity index (χ2v) is 37.3. The molecule has 3 saturated heterocycles. The van der Waals surface area contributed by atoms with E-state index in [0.717, 1.165) is 26.5 Å². The summed E-state index contributed by atoms with van der Waals surface area (Å²) in [7, 11) is 4.12. The summed E-state index contributed by atoms with van der Waals surface area (Å²) in [5.41, 5.74) is 20.6. The van der Waals surface area contributed by atoms with Crippen LogP contribution in [0.5, 0.6) is 5.75 Å². The Balaban J connectivity index is 1.12. The van der Waals surface area contributed by atoms with Gasteiger partial charge in [-0.3, -0.25) is 86.3 Å². The summed E-state index contributed by atoms with van der Waals surface area (Å²) < 4.78 is 5.41. The fourth-order valence-electron chi connectivity index (χ4n) is 17.9. The molecule has 3 fully saturated rings. The quantitative estimate of drug-likeness (QED) is 0.0303. The number of aliphatic carboxylic acids is 1. The van der Waals surface area contributed by atoms with Crippen molar-refractivity contribution < 1.29 is 106 Å². The molecule has 14 amide bonds. The molecule has 41 nitrogen and oxygen atoms in total. The van der Waals surface area contributed by atoms with E-state index >= 15 is 52.7 Å². The van der Waals surface area contributed by atoms with Crippen LogP contribution in [-0.4, -0.2) is 310 Å². The van der Waals surface area contributed by atoms with Gasteiger partial charge >= 0.3 is 5.97 Å². The van der Waals surface area contributed by atoms with Gasteiger partial charge in [0.1, 0.15) is 72.0 Å². The minimum absolute atomic E-state index is 0.0260. The first-order valence-electron chi connectivity index (χ1n) is 47.1. The number of amides is 14. The monoisotopic (exact) mass is 1940 g/mol. The lowest BCUT2D eigenvalue weighted by Gasteiger charge is -2.36. The molecular formula is C96H133N19O22S. The molecule has 3 aromatic carbocycles. The number of aromatic amines is 3. The number of aliphatic hydroxyl groups is 1. The van der Waals surface area contributed by atoms with Crippen molar-refractivity contribution in [3.8, 4) is 5.75 Å². The number of hydrogen-bond acceptors (Lipinski definition) is 24. The van der Waals surface area contributed by atoms with Crippen molar-refractivity contribution in [2.24, 2.45) is 35.0 Å². The van der Waals surface area contributed by atoms with Crippen LogP contribution >= 0.6 is 11.8 Å². The fourth-order valence-corrected chi connectivity index (χ4v) is 18.8. The Morgan fingerprint density at radius 3 is 1.75 bits per heavy atom. The summed E-state index contributed by atoms with van der Waals surface area (Å²) in [4.78, 5) is 285. The average Bonchev–Trinajstić information content (AvgIpc) is 1.64. The van der Waals surface area contributed by atoms with Crippen LogP contribution < -0.4 is 54.4 Å². The van der Waals surface area contributed by atoms with Gasteiger partial charge in [0.25, 0.3) is 0 Å². The van der Waals surface area contributed by atoms with Crippen LogP contribution in [0.1, 0.15) is 173 Å². The number of aromatic nitrogens is 4.